The molecule has 3 unspecified atom stereocenters. The van der Waals surface area contributed by atoms with Crippen LogP contribution >= 0.6 is 0 Å². The van der Waals surface area contributed by atoms with E-state index in [9.17, 15) is 18.0 Å². The van der Waals surface area contributed by atoms with Crippen molar-refractivity contribution in [2.24, 2.45) is 5.92 Å². The Kier molecular flexibility index (Phi) is 7.00. The van der Waals surface area contributed by atoms with Gasteiger partial charge in [0.25, 0.3) is 0 Å². The Morgan fingerprint density at radius 2 is 1.76 bits per heavy atom. The monoisotopic (exact) mass is 517 g/mol. The van der Waals surface area contributed by atoms with E-state index in [-0.39, 0.29) is 17.5 Å². The van der Waals surface area contributed by atoms with Gasteiger partial charge in [-0.15, -0.1) is 0 Å². The van der Waals surface area contributed by atoms with E-state index in [0.29, 0.717) is 11.4 Å². The summed E-state index contributed by atoms with van der Waals surface area (Å²) in [6, 6.07) is 10.6. The fraction of sp³-hybridized carbons (Fsp3) is 0.536. The van der Waals surface area contributed by atoms with E-state index in [1.54, 1.807) is 14.2 Å². The third-order valence-electron chi connectivity index (χ3n) is 8.32. The number of alkyl halides is 3. The number of fused-ring (bicyclic) bond motifs is 1. The topological polar surface area (TPSA) is 62.8 Å². The number of carbonyl (C=O) groups is 1. The van der Waals surface area contributed by atoms with Gasteiger partial charge in [-0.25, -0.2) is 4.79 Å². The molecule has 2 N–H and O–H groups in total. The summed E-state index contributed by atoms with van der Waals surface area (Å²) in [5.41, 5.74) is 0.823. The standard InChI is InChI=1S/C28H34F3N3O3/c1-36-23-10-7-20(15-24(23)37-2)27-12-11-22(16-25(27)34(14-13-27)17-18-3-4-18)33-26(35)32-21-8-5-19(6-9-21)28(29,30)31/h5-10,15,18,22,25H,3-4,11-14,16-17H2,1-2H3,(H2,32,33,35). The summed E-state index contributed by atoms with van der Waals surface area (Å²) in [7, 11) is 3.29. The van der Waals surface area contributed by atoms with E-state index in [1.807, 2.05) is 6.07 Å². The van der Waals surface area contributed by atoms with Crippen molar-refractivity contribution in [1.29, 1.82) is 0 Å². The number of benzene rings is 2. The Hall–Kier alpha value is -2.94. The first-order valence-corrected chi connectivity index (χ1v) is 12.9. The summed E-state index contributed by atoms with van der Waals surface area (Å²) in [6.45, 7) is 2.12. The molecule has 37 heavy (non-hydrogen) atoms. The second-order valence-electron chi connectivity index (χ2n) is 10.6. The van der Waals surface area contributed by atoms with Crippen LogP contribution in [-0.2, 0) is 11.6 Å². The molecule has 0 radical (unpaired) electrons. The van der Waals surface area contributed by atoms with Gasteiger partial charge in [-0.1, -0.05) is 6.07 Å². The smallest absolute Gasteiger partial charge is 0.416 e. The Morgan fingerprint density at radius 3 is 2.41 bits per heavy atom. The van der Waals surface area contributed by atoms with Gasteiger partial charge in [-0.3, -0.25) is 4.90 Å². The Labute approximate surface area is 215 Å². The zero-order valence-electron chi connectivity index (χ0n) is 21.2. The minimum Gasteiger partial charge on any atom is -0.493 e. The van der Waals surface area contributed by atoms with Gasteiger partial charge in [-0.05, 0) is 92.9 Å². The first-order chi connectivity index (χ1) is 17.7. The molecule has 200 valence electrons. The normalized spacial score (nSPS) is 25.9. The van der Waals surface area contributed by atoms with Crippen LogP contribution in [0.25, 0.3) is 0 Å². The number of anilines is 1. The second kappa shape index (κ2) is 10.1. The van der Waals surface area contributed by atoms with Crippen molar-refractivity contribution in [1.82, 2.24) is 10.2 Å². The molecular weight excluding hydrogens is 483 g/mol. The number of urea groups is 1. The lowest BCUT2D eigenvalue weighted by Gasteiger charge is -2.45. The molecule has 0 bridgehead atoms. The number of hydrogen-bond acceptors (Lipinski definition) is 4. The van der Waals surface area contributed by atoms with Crippen LogP contribution < -0.4 is 20.1 Å². The number of likely N-dealkylation sites (tertiary alicyclic amines) is 1. The largest absolute Gasteiger partial charge is 0.493 e. The van der Waals surface area contributed by atoms with Gasteiger partial charge in [0.1, 0.15) is 0 Å². The molecular formula is C28H34F3N3O3. The minimum atomic E-state index is -4.41. The Morgan fingerprint density at radius 1 is 1.03 bits per heavy atom. The maximum absolute atomic E-state index is 12.8. The molecule has 2 amide bonds. The molecule has 5 rings (SSSR count). The fourth-order valence-electron chi connectivity index (χ4n) is 6.20. The highest BCUT2D eigenvalue weighted by Crippen LogP contribution is 2.51. The van der Waals surface area contributed by atoms with Crippen molar-refractivity contribution in [3.63, 3.8) is 0 Å². The highest BCUT2D eigenvalue weighted by atomic mass is 19.4. The fourth-order valence-corrected chi connectivity index (χ4v) is 6.20. The van der Waals surface area contributed by atoms with Crippen molar-refractivity contribution >= 4 is 11.7 Å². The lowest BCUT2D eigenvalue weighted by atomic mass is 9.65. The predicted molar refractivity (Wildman–Crippen MR) is 135 cm³/mol. The van der Waals surface area contributed by atoms with Gasteiger partial charge in [-0.2, -0.15) is 13.2 Å². The third kappa shape index (κ3) is 5.37. The van der Waals surface area contributed by atoms with Crippen LogP contribution in [0.1, 0.15) is 49.7 Å². The van der Waals surface area contributed by atoms with Crippen LogP contribution in [0, 0.1) is 5.92 Å². The van der Waals surface area contributed by atoms with Gasteiger partial charge in [0, 0.05) is 29.7 Å². The molecule has 1 saturated heterocycles. The predicted octanol–water partition coefficient (Wildman–Crippen LogP) is 5.82. The van der Waals surface area contributed by atoms with E-state index >= 15 is 0 Å². The van der Waals surface area contributed by atoms with Gasteiger partial charge in [0.2, 0.25) is 0 Å². The molecule has 2 saturated carbocycles. The number of hydrogen-bond donors (Lipinski definition) is 2. The summed E-state index contributed by atoms with van der Waals surface area (Å²) in [6.07, 6.45) is 1.79. The summed E-state index contributed by atoms with van der Waals surface area (Å²) in [5.74, 6) is 2.20. The van der Waals surface area contributed by atoms with Crippen LogP contribution in [0.3, 0.4) is 0 Å². The van der Waals surface area contributed by atoms with Gasteiger partial charge >= 0.3 is 12.2 Å². The van der Waals surface area contributed by atoms with Crippen LogP contribution in [-0.4, -0.2) is 50.3 Å². The first-order valence-electron chi connectivity index (χ1n) is 12.9. The van der Waals surface area contributed by atoms with E-state index in [4.69, 9.17) is 9.47 Å². The molecule has 3 fully saturated rings. The molecule has 2 aliphatic carbocycles. The van der Waals surface area contributed by atoms with Crippen LogP contribution in [0.2, 0.25) is 0 Å². The maximum atomic E-state index is 12.8. The number of nitrogens with one attached hydrogen (secondary N) is 2. The first kappa shape index (κ1) is 25.7. The van der Waals surface area contributed by atoms with Gasteiger partial charge in [0.15, 0.2) is 11.5 Å². The van der Waals surface area contributed by atoms with E-state index in [2.05, 4.69) is 27.7 Å². The van der Waals surface area contributed by atoms with E-state index in [1.165, 1.54) is 30.5 Å². The van der Waals surface area contributed by atoms with Crippen LogP contribution in [0.5, 0.6) is 11.5 Å². The minimum absolute atomic E-state index is 0.0173. The molecule has 0 aromatic heterocycles. The molecule has 1 heterocycles. The molecule has 0 spiro atoms. The molecule has 3 atom stereocenters. The molecule has 6 nitrogen and oxygen atoms in total. The summed E-state index contributed by atoms with van der Waals surface area (Å²) in [4.78, 5) is 15.3. The Bertz CT molecular complexity index is 1120. The number of carbonyl (C=O) groups excluding carboxylic acids is 1. The SMILES string of the molecule is COc1ccc(C23CCC(NC(=O)Nc4ccc(C(F)(F)F)cc4)CC2N(CC2CC2)CC3)cc1OC. The number of amides is 2. The van der Waals surface area contributed by atoms with Crippen LogP contribution in [0.15, 0.2) is 42.5 Å². The average Bonchev–Trinajstić information content (AvgIpc) is 3.63. The zero-order chi connectivity index (χ0) is 26.2. The summed E-state index contributed by atoms with van der Waals surface area (Å²) in [5, 5.41) is 5.77. The van der Waals surface area contributed by atoms with Crippen molar-refractivity contribution < 1.29 is 27.4 Å². The summed E-state index contributed by atoms with van der Waals surface area (Å²) >= 11 is 0. The van der Waals surface area contributed by atoms with Gasteiger partial charge < -0.3 is 20.1 Å². The van der Waals surface area contributed by atoms with Crippen molar-refractivity contribution in [3.05, 3.63) is 53.6 Å². The summed E-state index contributed by atoms with van der Waals surface area (Å²) < 4.78 is 49.6. The number of nitrogens with zero attached hydrogens (tertiary/aromatic N) is 1. The molecule has 2 aromatic carbocycles. The molecule has 2 aromatic rings. The lowest BCUT2D eigenvalue weighted by molar-refractivity contribution is -0.137. The molecule has 3 aliphatic rings. The molecule has 9 heteroatoms. The van der Waals surface area contributed by atoms with Crippen molar-refractivity contribution in [2.75, 3.05) is 32.6 Å². The lowest BCUT2D eigenvalue weighted by Crippen LogP contribution is -2.53. The molecule has 1 aliphatic heterocycles. The average molecular weight is 518 g/mol. The van der Waals surface area contributed by atoms with Crippen molar-refractivity contribution in [3.8, 4) is 11.5 Å². The third-order valence-corrected chi connectivity index (χ3v) is 8.32. The number of rotatable bonds is 7. The number of ether oxygens (including phenoxy) is 2. The maximum Gasteiger partial charge on any atom is 0.416 e. The Balaban J connectivity index is 1.30. The van der Waals surface area contributed by atoms with E-state index in [0.717, 1.165) is 62.6 Å². The van der Waals surface area contributed by atoms with E-state index < -0.39 is 17.8 Å². The highest BCUT2D eigenvalue weighted by molar-refractivity contribution is 5.89. The van der Waals surface area contributed by atoms with Gasteiger partial charge in [0.05, 0.1) is 19.8 Å². The highest BCUT2D eigenvalue weighted by Gasteiger charge is 2.52. The zero-order valence-corrected chi connectivity index (χ0v) is 21.2. The van der Waals surface area contributed by atoms with Crippen molar-refractivity contribution in [2.45, 2.75) is 62.2 Å². The number of halogens is 3. The van der Waals surface area contributed by atoms with Crippen LogP contribution in [0.4, 0.5) is 23.7 Å². The quantitative estimate of drug-likeness (QED) is 0.486. The second-order valence-corrected chi connectivity index (χ2v) is 10.6. The number of methoxy groups -OCH3 is 2.